The van der Waals surface area contributed by atoms with Crippen molar-refractivity contribution in [3.05, 3.63) is 24.0 Å². The van der Waals surface area contributed by atoms with Crippen LogP contribution in [0.5, 0.6) is 5.75 Å². The molecule has 1 aromatic rings. The maximum atomic E-state index is 8.96. The van der Waals surface area contributed by atoms with Crippen LogP contribution in [0.4, 0.5) is 0 Å². The average Bonchev–Trinajstić information content (AvgIpc) is 1.89. The van der Waals surface area contributed by atoms with Crippen LogP contribution in [0.2, 0.25) is 0 Å². The fraction of sp³-hybridized carbons (Fsp3) is 0.167. The van der Waals surface area contributed by atoms with Gasteiger partial charge in [0.15, 0.2) is 0 Å². The minimum Gasteiger partial charge on any atom is -0.506 e. The number of rotatable bonds is 1. The van der Waals surface area contributed by atoms with Crippen molar-refractivity contribution < 1.29 is 5.11 Å². The monoisotopic (exact) mass is 179 g/mol. The van der Waals surface area contributed by atoms with Gasteiger partial charge in [0.1, 0.15) is 5.75 Å². The first-order valence-corrected chi connectivity index (χ1v) is 3.07. The SMILES string of the molecule is Cl.Oc1cccnc1CCl. The molecule has 2 nitrogen and oxygen atoms in total. The number of halogens is 2. The zero-order chi connectivity index (χ0) is 6.69. The Morgan fingerprint density at radius 3 is 2.70 bits per heavy atom. The lowest BCUT2D eigenvalue weighted by Gasteiger charge is -1.94. The second-order valence-corrected chi connectivity index (χ2v) is 1.87. The van der Waals surface area contributed by atoms with Crippen molar-refractivity contribution >= 4 is 24.0 Å². The molecule has 0 aliphatic rings. The molecule has 10 heavy (non-hydrogen) atoms. The fourth-order valence-corrected chi connectivity index (χ4v) is 0.738. The van der Waals surface area contributed by atoms with Crippen molar-refractivity contribution in [2.45, 2.75) is 5.88 Å². The molecule has 1 N–H and O–H groups in total. The van der Waals surface area contributed by atoms with Crippen LogP contribution in [-0.2, 0) is 5.88 Å². The third kappa shape index (κ3) is 2.05. The van der Waals surface area contributed by atoms with Gasteiger partial charge >= 0.3 is 0 Å². The summed E-state index contributed by atoms with van der Waals surface area (Å²) in [7, 11) is 0. The molecule has 1 rings (SSSR count). The van der Waals surface area contributed by atoms with E-state index in [9.17, 15) is 0 Å². The van der Waals surface area contributed by atoms with E-state index in [1.165, 1.54) is 0 Å². The molecule has 0 aromatic carbocycles. The van der Waals surface area contributed by atoms with Crippen LogP contribution in [-0.4, -0.2) is 10.1 Å². The third-order valence-electron chi connectivity index (χ3n) is 0.993. The molecule has 1 aromatic heterocycles. The summed E-state index contributed by atoms with van der Waals surface area (Å²) in [6, 6.07) is 3.22. The van der Waals surface area contributed by atoms with E-state index in [0.717, 1.165) is 0 Å². The van der Waals surface area contributed by atoms with Gasteiger partial charge < -0.3 is 5.11 Å². The summed E-state index contributed by atoms with van der Waals surface area (Å²) in [6.45, 7) is 0. The molecule has 56 valence electrons. The van der Waals surface area contributed by atoms with E-state index in [2.05, 4.69) is 4.98 Å². The normalized spacial score (nSPS) is 8.50. The lowest BCUT2D eigenvalue weighted by molar-refractivity contribution is 0.467. The molecule has 0 aliphatic heterocycles. The summed E-state index contributed by atoms with van der Waals surface area (Å²) in [4.78, 5) is 3.81. The van der Waals surface area contributed by atoms with Crippen LogP contribution in [0.3, 0.4) is 0 Å². The number of nitrogens with zero attached hydrogens (tertiary/aromatic N) is 1. The molecule has 0 saturated carbocycles. The first-order chi connectivity index (χ1) is 4.34. The molecular formula is C6H7Cl2NO. The van der Waals surface area contributed by atoms with Gasteiger partial charge in [0.2, 0.25) is 0 Å². The van der Waals surface area contributed by atoms with Crippen LogP contribution >= 0.6 is 24.0 Å². The van der Waals surface area contributed by atoms with Crippen LogP contribution < -0.4 is 0 Å². The summed E-state index contributed by atoms with van der Waals surface area (Å²) in [5.74, 6) is 0.416. The van der Waals surface area contributed by atoms with Gasteiger partial charge in [-0.1, -0.05) is 0 Å². The van der Waals surface area contributed by atoms with E-state index in [1.54, 1.807) is 18.3 Å². The van der Waals surface area contributed by atoms with Gasteiger partial charge in [-0.2, -0.15) is 0 Å². The summed E-state index contributed by atoms with van der Waals surface area (Å²) in [5, 5.41) is 8.96. The zero-order valence-electron chi connectivity index (χ0n) is 5.12. The smallest absolute Gasteiger partial charge is 0.138 e. The minimum atomic E-state index is 0. The third-order valence-corrected chi connectivity index (χ3v) is 1.25. The van der Waals surface area contributed by atoms with Crippen LogP contribution in [0, 0.1) is 0 Å². The maximum absolute atomic E-state index is 8.96. The molecule has 0 fully saturated rings. The average molecular weight is 180 g/mol. The molecule has 0 amide bonds. The van der Waals surface area contributed by atoms with Gasteiger partial charge in [-0.3, -0.25) is 4.98 Å². The van der Waals surface area contributed by atoms with E-state index in [1.807, 2.05) is 0 Å². The van der Waals surface area contributed by atoms with Crippen LogP contribution in [0.1, 0.15) is 5.69 Å². The summed E-state index contributed by atoms with van der Waals surface area (Å²) < 4.78 is 0. The Kier molecular flexibility index (Phi) is 4.16. The molecule has 0 saturated heterocycles. The topological polar surface area (TPSA) is 33.1 Å². The number of aromatic hydroxyl groups is 1. The molecule has 0 radical (unpaired) electrons. The summed E-state index contributed by atoms with van der Waals surface area (Å²) in [6.07, 6.45) is 1.59. The van der Waals surface area contributed by atoms with E-state index >= 15 is 0 Å². The molecule has 0 atom stereocenters. The lowest BCUT2D eigenvalue weighted by atomic mass is 10.3. The van der Waals surface area contributed by atoms with Crippen molar-refractivity contribution in [3.8, 4) is 5.75 Å². The Hall–Kier alpha value is -0.470. The van der Waals surface area contributed by atoms with Gasteiger partial charge in [0.05, 0.1) is 11.6 Å². The van der Waals surface area contributed by atoms with Gasteiger partial charge in [-0.25, -0.2) is 0 Å². The second-order valence-electron chi connectivity index (χ2n) is 1.60. The van der Waals surface area contributed by atoms with Crippen molar-refractivity contribution in [2.75, 3.05) is 0 Å². The Bertz CT molecular complexity index is 205. The van der Waals surface area contributed by atoms with Crippen molar-refractivity contribution in [1.82, 2.24) is 4.98 Å². The number of hydrogen-bond acceptors (Lipinski definition) is 2. The first-order valence-electron chi connectivity index (χ1n) is 2.53. The number of pyridine rings is 1. The minimum absolute atomic E-state index is 0. The highest BCUT2D eigenvalue weighted by Crippen LogP contribution is 2.13. The number of alkyl halides is 1. The van der Waals surface area contributed by atoms with Gasteiger partial charge in [0, 0.05) is 6.20 Å². The van der Waals surface area contributed by atoms with Gasteiger partial charge in [0.25, 0.3) is 0 Å². The molecule has 0 unspecified atom stereocenters. The van der Waals surface area contributed by atoms with Gasteiger partial charge in [-0.15, -0.1) is 24.0 Å². The highest BCUT2D eigenvalue weighted by Gasteiger charge is 1.95. The molecule has 4 heteroatoms. The van der Waals surface area contributed by atoms with Crippen molar-refractivity contribution in [3.63, 3.8) is 0 Å². The Morgan fingerprint density at radius 2 is 2.30 bits per heavy atom. The number of hydrogen-bond donors (Lipinski definition) is 1. The summed E-state index contributed by atoms with van der Waals surface area (Å²) in [5.41, 5.74) is 0.527. The molecule has 1 heterocycles. The first kappa shape index (κ1) is 9.53. The summed E-state index contributed by atoms with van der Waals surface area (Å²) >= 11 is 5.41. The van der Waals surface area contributed by atoms with Gasteiger partial charge in [-0.05, 0) is 12.1 Å². The predicted molar refractivity (Wildman–Crippen MR) is 42.7 cm³/mol. The molecular weight excluding hydrogens is 173 g/mol. The molecule has 0 spiro atoms. The molecule has 0 bridgehead atoms. The van der Waals surface area contributed by atoms with Crippen LogP contribution in [0.25, 0.3) is 0 Å². The molecule has 0 aliphatic carbocycles. The Labute approximate surface area is 70.3 Å². The highest BCUT2D eigenvalue weighted by molar-refractivity contribution is 6.17. The lowest BCUT2D eigenvalue weighted by Crippen LogP contribution is -1.82. The van der Waals surface area contributed by atoms with E-state index in [4.69, 9.17) is 16.7 Å². The number of aromatic nitrogens is 1. The van der Waals surface area contributed by atoms with Crippen molar-refractivity contribution in [1.29, 1.82) is 0 Å². The Morgan fingerprint density at radius 1 is 1.60 bits per heavy atom. The Balaban J connectivity index is 0.000000810. The fourth-order valence-electron chi connectivity index (χ4n) is 0.532. The largest absolute Gasteiger partial charge is 0.506 e. The van der Waals surface area contributed by atoms with Crippen LogP contribution in [0.15, 0.2) is 18.3 Å². The highest BCUT2D eigenvalue weighted by atomic mass is 35.5. The maximum Gasteiger partial charge on any atom is 0.138 e. The van der Waals surface area contributed by atoms with E-state index in [-0.39, 0.29) is 24.0 Å². The standard InChI is InChI=1S/C6H6ClNO.ClH/c7-4-5-6(9)2-1-3-8-5;/h1-3,9H,4H2;1H. The quantitative estimate of drug-likeness (QED) is 0.670. The van der Waals surface area contributed by atoms with Crippen molar-refractivity contribution in [2.24, 2.45) is 0 Å². The van der Waals surface area contributed by atoms with E-state index < -0.39 is 0 Å². The second kappa shape index (κ2) is 4.36. The zero-order valence-corrected chi connectivity index (χ0v) is 6.69. The predicted octanol–water partition coefficient (Wildman–Crippen LogP) is 1.95. The van der Waals surface area contributed by atoms with E-state index in [0.29, 0.717) is 5.69 Å².